The molecule has 0 bridgehead atoms. The Hall–Kier alpha value is -2.17. The Bertz CT molecular complexity index is 900. The Balaban J connectivity index is 1.80. The van der Waals surface area contributed by atoms with Crippen molar-refractivity contribution >= 4 is 47.0 Å². The van der Waals surface area contributed by atoms with E-state index >= 15 is 0 Å². The number of amides is 1. The summed E-state index contributed by atoms with van der Waals surface area (Å²) in [5, 5.41) is -0.301. The first-order valence-corrected chi connectivity index (χ1v) is 10.9. The van der Waals surface area contributed by atoms with Crippen molar-refractivity contribution in [2.24, 2.45) is 11.1 Å². The number of aromatic nitrogens is 1. The van der Waals surface area contributed by atoms with E-state index in [1.807, 2.05) is 13.0 Å². The predicted octanol–water partition coefficient (Wildman–Crippen LogP) is 2.05. The molecule has 0 radical (unpaired) electrons. The Labute approximate surface area is 177 Å². The number of rotatable bonds is 5. The summed E-state index contributed by atoms with van der Waals surface area (Å²) in [6.07, 6.45) is 3.65. The molecule has 29 heavy (non-hydrogen) atoms. The van der Waals surface area contributed by atoms with Crippen molar-refractivity contribution in [3.63, 3.8) is 0 Å². The number of carbonyl (C=O) groups is 3. The molecule has 10 heteroatoms. The van der Waals surface area contributed by atoms with Gasteiger partial charge in [0.25, 0.3) is 0 Å². The summed E-state index contributed by atoms with van der Waals surface area (Å²) in [7, 11) is 0. The zero-order chi connectivity index (χ0) is 21.3. The monoisotopic (exact) mass is 437 g/mol. The van der Waals surface area contributed by atoms with Crippen LogP contribution in [-0.4, -0.2) is 51.7 Å². The number of thioether (sulfide) groups is 1. The van der Waals surface area contributed by atoms with Crippen molar-refractivity contribution in [3.8, 4) is 0 Å². The van der Waals surface area contributed by atoms with E-state index in [1.54, 1.807) is 32.4 Å². The Morgan fingerprint density at radius 2 is 2.07 bits per heavy atom. The minimum Gasteiger partial charge on any atom is -0.427 e. The number of nitrogens with two attached hydrogens (primary N) is 1. The van der Waals surface area contributed by atoms with Crippen molar-refractivity contribution in [3.05, 3.63) is 33.4 Å². The molecular weight excluding hydrogens is 414 g/mol. The minimum absolute atomic E-state index is 0.144. The third-order valence-corrected chi connectivity index (χ3v) is 6.66. The molecule has 2 aliphatic rings. The first-order chi connectivity index (χ1) is 13.6. The molecule has 0 unspecified atom stereocenters. The second kappa shape index (κ2) is 8.29. The largest absolute Gasteiger partial charge is 0.427 e. The van der Waals surface area contributed by atoms with Crippen LogP contribution in [0.1, 0.15) is 31.3 Å². The highest BCUT2D eigenvalue weighted by Gasteiger charge is 2.51. The number of thiazole rings is 1. The summed E-state index contributed by atoms with van der Waals surface area (Å²) in [4.78, 5) is 43.4. The van der Waals surface area contributed by atoms with Crippen LogP contribution in [0, 0.1) is 12.3 Å². The molecular formula is C19H23N3O5S2. The van der Waals surface area contributed by atoms with Crippen LogP contribution in [0.2, 0.25) is 0 Å². The molecule has 0 aromatic carbocycles. The number of esters is 2. The molecule has 0 saturated carbocycles. The van der Waals surface area contributed by atoms with Crippen molar-refractivity contribution < 1.29 is 23.9 Å². The number of β-lactam (4-membered cyclic amide) rings is 1. The fourth-order valence-electron chi connectivity index (χ4n) is 2.73. The van der Waals surface area contributed by atoms with Gasteiger partial charge in [-0.15, -0.1) is 23.1 Å². The number of carbonyl (C=O) groups excluding carboxylic acids is 3. The van der Waals surface area contributed by atoms with Gasteiger partial charge in [-0.05, 0) is 39.3 Å². The SMILES string of the molecule is Cc1ncsc1/C=C\C1=C(C(=O)OCOC(=O)C(C)(C)C)N2C(=O)[C@@H](N)[C@H]2SC1. The van der Waals surface area contributed by atoms with Crippen molar-refractivity contribution in [1.82, 2.24) is 9.88 Å². The molecule has 3 heterocycles. The second-order valence-corrected chi connectivity index (χ2v) is 9.67. The third-order valence-electron chi connectivity index (χ3n) is 4.44. The maximum absolute atomic E-state index is 12.8. The summed E-state index contributed by atoms with van der Waals surface area (Å²) in [5.74, 6) is -1.04. The molecule has 8 nitrogen and oxygen atoms in total. The van der Waals surface area contributed by atoms with Crippen LogP contribution in [0.15, 0.2) is 22.9 Å². The fourth-order valence-corrected chi connectivity index (χ4v) is 4.69. The molecule has 2 aliphatic heterocycles. The number of aryl methyl sites for hydroxylation is 1. The van der Waals surface area contributed by atoms with Crippen molar-refractivity contribution in [2.45, 2.75) is 39.1 Å². The Morgan fingerprint density at radius 3 is 2.69 bits per heavy atom. The number of fused-ring (bicyclic) bond motifs is 1. The maximum atomic E-state index is 12.8. The third kappa shape index (κ3) is 4.39. The molecule has 3 rings (SSSR count). The fraction of sp³-hybridized carbons (Fsp3) is 0.474. The normalized spacial score (nSPS) is 21.8. The first-order valence-electron chi connectivity index (χ1n) is 8.97. The summed E-state index contributed by atoms with van der Waals surface area (Å²) >= 11 is 2.98. The molecule has 0 aliphatic carbocycles. The van der Waals surface area contributed by atoms with Gasteiger partial charge in [0.15, 0.2) is 0 Å². The van der Waals surface area contributed by atoms with Gasteiger partial charge in [-0.3, -0.25) is 14.5 Å². The van der Waals surface area contributed by atoms with Gasteiger partial charge in [0.05, 0.1) is 16.6 Å². The lowest BCUT2D eigenvalue weighted by atomic mass is 9.98. The van der Waals surface area contributed by atoms with E-state index in [0.717, 1.165) is 10.6 Å². The highest BCUT2D eigenvalue weighted by Crippen LogP contribution is 2.40. The zero-order valence-corrected chi connectivity index (χ0v) is 18.3. The van der Waals surface area contributed by atoms with Crippen LogP contribution >= 0.6 is 23.1 Å². The highest BCUT2D eigenvalue weighted by atomic mass is 32.2. The first kappa shape index (κ1) is 21.5. The van der Waals surface area contributed by atoms with E-state index in [9.17, 15) is 14.4 Å². The van der Waals surface area contributed by atoms with Crippen LogP contribution in [-0.2, 0) is 23.9 Å². The van der Waals surface area contributed by atoms with Crippen LogP contribution in [0.5, 0.6) is 0 Å². The highest BCUT2D eigenvalue weighted by molar-refractivity contribution is 8.00. The maximum Gasteiger partial charge on any atom is 0.358 e. The van der Waals surface area contributed by atoms with Crippen LogP contribution in [0.3, 0.4) is 0 Å². The number of ether oxygens (including phenoxy) is 2. The van der Waals surface area contributed by atoms with Gasteiger partial charge < -0.3 is 15.2 Å². The lowest BCUT2D eigenvalue weighted by Crippen LogP contribution is -2.68. The van der Waals surface area contributed by atoms with E-state index in [-0.39, 0.29) is 17.0 Å². The van der Waals surface area contributed by atoms with E-state index < -0.39 is 30.2 Å². The summed E-state index contributed by atoms with van der Waals surface area (Å²) < 4.78 is 10.2. The molecule has 2 N–H and O–H groups in total. The summed E-state index contributed by atoms with van der Waals surface area (Å²) in [6, 6.07) is -0.643. The van der Waals surface area contributed by atoms with Gasteiger partial charge in [-0.2, -0.15) is 0 Å². The van der Waals surface area contributed by atoms with Gasteiger partial charge in [-0.1, -0.05) is 6.08 Å². The Kier molecular flexibility index (Phi) is 6.16. The predicted molar refractivity (Wildman–Crippen MR) is 110 cm³/mol. The molecule has 1 aromatic rings. The van der Waals surface area contributed by atoms with E-state index in [4.69, 9.17) is 15.2 Å². The second-order valence-electron chi connectivity index (χ2n) is 7.68. The van der Waals surface area contributed by atoms with Gasteiger partial charge in [0, 0.05) is 10.6 Å². The van der Waals surface area contributed by atoms with Crippen molar-refractivity contribution in [2.75, 3.05) is 12.5 Å². The lowest BCUT2D eigenvalue weighted by Gasteiger charge is -2.48. The average Bonchev–Trinajstić information content (AvgIpc) is 3.08. The molecule has 1 fully saturated rings. The molecule has 156 valence electrons. The van der Waals surface area contributed by atoms with E-state index in [2.05, 4.69) is 4.98 Å². The number of allylic oxidation sites excluding steroid dienone is 1. The zero-order valence-electron chi connectivity index (χ0n) is 16.6. The van der Waals surface area contributed by atoms with Crippen LogP contribution in [0.4, 0.5) is 0 Å². The van der Waals surface area contributed by atoms with Gasteiger partial charge in [0.2, 0.25) is 12.7 Å². The quantitative estimate of drug-likeness (QED) is 0.423. The number of hydrogen-bond acceptors (Lipinski definition) is 9. The topological polar surface area (TPSA) is 112 Å². The minimum atomic E-state index is -0.724. The van der Waals surface area contributed by atoms with Crippen LogP contribution in [0.25, 0.3) is 6.08 Å². The van der Waals surface area contributed by atoms with E-state index in [0.29, 0.717) is 11.3 Å². The van der Waals surface area contributed by atoms with Crippen molar-refractivity contribution in [1.29, 1.82) is 0 Å². The molecule has 1 amide bonds. The summed E-state index contributed by atoms with van der Waals surface area (Å²) in [6.45, 7) is 6.48. The molecule has 1 aromatic heterocycles. The summed E-state index contributed by atoms with van der Waals surface area (Å²) in [5.41, 5.74) is 8.57. The molecule has 0 spiro atoms. The average molecular weight is 438 g/mol. The van der Waals surface area contributed by atoms with Gasteiger partial charge in [0.1, 0.15) is 17.1 Å². The van der Waals surface area contributed by atoms with Gasteiger partial charge in [-0.25, -0.2) is 9.78 Å². The van der Waals surface area contributed by atoms with Crippen LogP contribution < -0.4 is 5.73 Å². The number of hydrogen-bond donors (Lipinski definition) is 1. The van der Waals surface area contributed by atoms with Gasteiger partial charge >= 0.3 is 11.9 Å². The smallest absolute Gasteiger partial charge is 0.358 e. The number of nitrogens with zero attached hydrogens (tertiary/aromatic N) is 2. The van der Waals surface area contributed by atoms with E-state index in [1.165, 1.54) is 28.0 Å². The molecule has 1 saturated heterocycles. The Morgan fingerprint density at radius 1 is 1.34 bits per heavy atom. The standard InChI is InChI=1S/C19H23N3O5S2/c1-10-12(29-8-21-10)6-5-11-7-28-16-13(20)15(23)22(16)14(11)17(24)26-9-27-18(25)19(2,3)4/h5-6,8,13,16H,7,9,20H2,1-4H3/b6-5-/t13-,16-/m1/s1. The molecule has 2 atom stereocenters. The lowest BCUT2D eigenvalue weighted by molar-refractivity contribution is -0.173.